The van der Waals surface area contributed by atoms with Gasteiger partial charge in [0.15, 0.2) is 11.6 Å². The molecule has 0 saturated heterocycles. The molecule has 2 nitrogen and oxygen atoms in total. The lowest BCUT2D eigenvalue weighted by Crippen LogP contribution is -2.26. The van der Waals surface area contributed by atoms with Gasteiger partial charge in [-0.15, -0.1) is 13.2 Å². The van der Waals surface area contributed by atoms with Gasteiger partial charge in [0.1, 0.15) is 34.6 Å². The Morgan fingerprint density at radius 3 is 1.84 bits per heavy atom. The summed E-state index contributed by atoms with van der Waals surface area (Å²) in [6, 6.07) is 3.73. The molecule has 0 aromatic heterocycles. The van der Waals surface area contributed by atoms with Gasteiger partial charge in [0.05, 0.1) is 5.56 Å². The molecule has 4 rings (SSSR count). The van der Waals surface area contributed by atoms with Crippen LogP contribution in [0.25, 0.3) is 11.1 Å². The first-order valence-corrected chi connectivity index (χ1v) is 13.8. The zero-order chi connectivity index (χ0) is 31.5. The first-order valence-electron chi connectivity index (χ1n) is 13.8. The summed E-state index contributed by atoms with van der Waals surface area (Å²) < 4.78 is 148. The van der Waals surface area contributed by atoms with Crippen molar-refractivity contribution in [1.29, 1.82) is 0 Å². The molecular weight excluding hydrogens is 594 g/mol. The summed E-state index contributed by atoms with van der Waals surface area (Å²) in [6.45, 7) is 2.11. The molecule has 12 heteroatoms. The molecule has 0 atom stereocenters. The summed E-state index contributed by atoms with van der Waals surface area (Å²) >= 11 is 0. The molecule has 0 unspecified atom stereocenters. The van der Waals surface area contributed by atoms with Crippen molar-refractivity contribution in [3.05, 3.63) is 82.7 Å². The van der Waals surface area contributed by atoms with Crippen LogP contribution in [0.4, 0.5) is 43.9 Å². The normalized spacial score (nSPS) is 17.7. The predicted molar refractivity (Wildman–Crippen MR) is 138 cm³/mol. The van der Waals surface area contributed by atoms with E-state index in [1.54, 1.807) is 0 Å². The SMILES string of the molecule is CCCCCC1CCC(c2cc(F)c(C(F)(F)Oc3cc(F)c(-c4ccc(OC(F)(F)F)c(F)c4)c(F)c3)c(F)c2)CC1. The summed E-state index contributed by atoms with van der Waals surface area (Å²) in [5.41, 5.74) is -3.06. The molecule has 0 radical (unpaired) electrons. The smallest absolute Gasteiger partial charge is 0.429 e. The molecule has 0 heterocycles. The van der Waals surface area contributed by atoms with Gasteiger partial charge in [-0.1, -0.05) is 38.7 Å². The van der Waals surface area contributed by atoms with Crippen molar-refractivity contribution in [2.24, 2.45) is 5.92 Å². The topological polar surface area (TPSA) is 18.5 Å². The van der Waals surface area contributed by atoms with Crippen molar-refractivity contribution in [1.82, 2.24) is 0 Å². The fraction of sp³-hybridized carbons (Fsp3) is 0.419. The standard InChI is InChI=1S/C31H28F10O2/c1-2-3-4-5-17-6-8-18(9-7-17)20-13-25(35)29(26(36)14-20)30(37,38)42-21-15-23(33)28(24(34)16-21)19-10-11-27(22(32)12-19)43-31(39,40)41/h10-18H,2-9H2,1H3. The van der Waals surface area contributed by atoms with Gasteiger partial charge in [-0.2, -0.15) is 8.78 Å². The Bertz CT molecular complexity index is 1380. The zero-order valence-corrected chi connectivity index (χ0v) is 22.9. The molecule has 1 fully saturated rings. The minimum absolute atomic E-state index is 0.204. The second-order valence-corrected chi connectivity index (χ2v) is 10.6. The first kappa shape index (κ1) is 32.5. The monoisotopic (exact) mass is 622 g/mol. The Kier molecular flexibility index (Phi) is 9.86. The number of hydrogen-bond acceptors (Lipinski definition) is 2. The van der Waals surface area contributed by atoms with E-state index in [0.717, 1.165) is 50.7 Å². The number of ether oxygens (including phenoxy) is 2. The molecule has 1 saturated carbocycles. The van der Waals surface area contributed by atoms with Crippen LogP contribution in [0, 0.1) is 35.0 Å². The van der Waals surface area contributed by atoms with Gasteiger partial charge in [0, 0.05) is 12.1 Å². The second-order valence-electron chi connectivity index (χ2n) is 10.6. The maximum atomic E-state index is 15.0. The molecule has 0 spiro atoms. The van der Waals surface area contributed by atoms with Crippen LogP contribution in [0.2, 0.25) is 0 Å². The lowest BCUT2D eigenvalue weighted by atomic mass is 9.77. The van der Waals surface area contributed by atoms with Gasteiger partial charge in [-0.05, 0) is 72.9 Å². The Labute approximate surface area is 241 Å². The highest BCUT2D eigenvalue weighted by molar-refractivity contribution is 5.67. The highest BCUT2D eigenvalue weighted by Crippen LogP contribution is 2.42. The largest absolute Gasteiger partial charge is 0.573 e. The van der Waals surface area contributed by atoms with E-state index in [2.05, 4.69) is 16.4 Å². The summed E-state index contributed by atoms with van der Waals surface area (Å²) in [5, 5.41) is 0. The van der Waals surface area contributed by atoms with Crippen molar-refractivity contribution < 1.29 is 53.4 Å². The van der Waals surface area contributed by atoms with Gasteiger partial charge < -0.3 is 9.47 Å². The van der Waals surface area contributed by atoms with Crippen LogP contribution in [0.5, 0.6) is 11.5 Å². The van der Waals surface area contributed by atoms with Crippen LogP contribution in [0.3, 0.4) is 0 Å². The Morgan fingerprint density at radius 2 is 1.30 bits per heavy atom. The lowest BCUT2D eigenvalue weighted by molar-refractivity contribution is -0.275. The number of rotatable bonds is 10. The molecule has 234 valence electrons. The van der Waals surface area contributed by atoms with Crippen LogP contribution in [-0.2, 0) is 6.11 Å². The summed E-state index contributed by atoms with van der Waals surface area (Å²) in [6.07, 6.45) is -2.43. The highest BCUT2D eigenvalue weighted by atomic mass is 19.4. The van der Waals surface area contributed by atoms with E-state index in [1.807, 2.05) is 0 Å². The summed E-state index contributed by atoms with van der Waals surface area (Å²) in [4.78, 5) is 0. The first-order chi connectivity index (χ1) is 20.2. The Hall–Kier alpha value is -3.44. The van der Waals surface area contributed by atoms with E-state index in [-0.39, 0.29) is 23.6 Å². The third-order valence-corrected chi connectivity index (χ3v) is 7.60. The fourth-order valence-corrected chi connectivity index (χ4v) is 5.52. The molecule has 43 heavy (non-hydrogen) atoms. The molecular formula is C31H28F10O2. The second kappa shape index (κ2) is 13.1. The molecule has 0 bridgehead atoms. The van der Waals surface area contributed by atoms with Gasteiger partial charge in [-0.25, -0.2) is 22.0 Å². The summed E-state index contributed by atoms with van der Waals surface area (Å²) in [5.74, 6) is -9.98. The molecule has 1 aliphatic carbocycles. The lowest BCUT2D eigenvalue weighted by Gasteiger charge is -2.29. The number of hydrogen-bond donors (Lipinski definition) is 0. The van der Waals surface area contributed by atoms with Crippen molar-refractivity contribution in [2.45, 2.75) is 76.7 Å². The van der Waals surface area contributed by atoms with E-state index >= 15 is 0 Å². The molecule has 0 N–H and O–H groups in total. The highest BCUT2D eigenvalue weighted by Gasteiger charge is 2.42. The van der Waals surface area contributed by atoms with Crippen molar-refractivity contribution >= 4 is 0 Å². The van der Waals surface area contributed by atoms with E-state index in [0.29, 0.717) is 37.0 Å². The molecule has 0 aliphatic heterocycles. The molecule has 1 aliphatic rings. The average Bonchev–Trinajstić information content (AvgIpc) is 2.89. The number of unbranched alkanes of at least 4 members (excludes halogenated alkanes) is 2. The quantitative estimate of drug-likeness (QED) is 0.165. The van der Waals surface area contributed by atoms with Crippen molar-refractivity contribution in [3.8, 4) is 22.6 Å². The third kappa shape index (κ3) is 7.94. The van der Waals surface area contributed by atoms with Crippen LogP contribution in [0.1, 0.15) is 75.3 Å². The van der Waals surface area contributed by atoms with Gasteiger partial charge in [-0.3, -0.25) is 0 Å². The van der Waals surface area contributed by atoms with Crippen molar-refractivity contribution in [3.63, 3.8) is 0 Å². The van der Waals surface area contributed by atoms with Crippen LogP contribution >= 0.6 is 0 Å². The third-order valence-electron chi connectivity index (χ3n) is 7.60. The minimum atomic E-state index is -5.23. The van der Waals surface area contributed by atoms with E-state index in [1.165, 1.54) is 0 Å². The Morgan fingerprint density at radius 1 is 0.698 bits per heavy atom. The van der Waals surface area contributed by atoms with Crippen LogP contribution < -0.4 is 9.47 Å². The number of benzene rings is 3. The van der Waals surface area contributed by atoms with Crippen molar-refractivity contribution in [2.75, 3.05) is 0 Å². The van der Waals surface area contributed by atoms with Gasteiger partial charge in [0.2, 0.25) is 0 Å². The molecule has 0 amide bonds. The summed E-state index contributed by atoms with van der Waals surface area (Å²) in [7, 11) is 0. The maximum absolute atomic E-state index is 15.0. The van der Waals surface area contributed by atoms with Gasteiger partial charge in [0.25, 0.3) is 0 Å². The number of halogens is 10. The van der Waals surface area contributed by atoms with E-state index in [4.69, 9.17) is 0 Å². The van der Waals surface area contributed by atoms with E-state index < -0.39 is 69.7 Å². The maximum Gasteiger partial charge on any atom is 0.573 e. The minimum Gasteiger partial charge on any atom is -0.429 e. The Balaban J connectivity index is 1.51. The van der Waals surface area contributed by atoms with Crippen LogP contribution in [0.15, 0.2) is 42.5 Å². The zero-order valence-electron chi connectivity index (χ0n) is 22.9. The molecule has 3 aromatic rings. The van der Waals surface area contributed by atoms with Crippen LogP contribution in [-0.4, -0.2) is 6.36 Å². The fourth-order valence-electron chi connectivity index (χ4n) is 5.52. The molecule has 3 aromatic carbocycles. The van der Waals surface area contributed by atoms with E-state index in [9.17, 15) is 43.9 Å². The average molecular weight is 623 g/mol. The van der Waals surface area contributed by atoms with Gasteiger partial charge >= 0.3 is 12.5 Å². The predicted octanol–water partition coefficient (Wildman–Crippen LogP) is 10.9. The number of alkyl halides is 5.